The molecular weight excluding hydrogens is 260 g/mol. The number of benzene rings is 1. The number of para-hydroxylation sites is 1. The maximum absolute atomic E-state index is 4.73. The van der Waals surface area contributed by atoms with Gasteiger partial charge >= 0.3 is 0 Å². The standard InChI is InChI=1S/C17H26N4/c1-4-6-11-21(3)17(18-5-2)19-13-15-12-14-9-7-8-10-16(14)20-15/h7-10,12,20H,4-6,11,13H2,1-3H3,(H,18,19). The lowest BCUT2D eigenvalue weighted by Crippen LogP contribution is -2.39. The molecule has 0 spiro atoms. The van der Waals surface area contributed by atoms with Crippen molar-refractivity contribution >= 4 is 16.9 Å². The van der Waals surface area contributed by atoms with E-state index in [1.807, 2.05) is 0 Å². The topological polar surface area (TPSA) is 43.4 Å². The van der Waals surface area contributed by atoms with Crippen LogP contribution in [-0.2, 0) is 6.54 Å². The Morgan fingerprint density at radius 3 is 2.81 bits per heavy atom. The molecule has 0 fully saturated rings. The van der Waals surface area contributed by atoms with Crippen molar-refractivity contribution in [2.75, 3.05) is 20.1 Å². The summed E-state index contributed by atoms with van der Waals surface area (Å²) in [5.41, 5.74) is 2.32. The van der Waals surface area contributed by atoms with E-state index in [0.717, 1.165) is 24.7 Å². The first kappa shape index (κ1) is 15.4. The lowest BCUT2D eigenvalue weighted by Gasteiger charge is -2.21. The zero-order valence-electron chi connectivity index (χ0n) is 13.3. The van der Waals surface area contributed by atoms with Crippen molar-refractivity contribution in [2.45, 2.75) is 33.2 Å². The number of aliphatic imine (C=N–C) groups is 1. The van der Waals surface area contributed by atoms with E-state index in [-0.39, 0.29) is 0 Å². The number of nitrogens with zero attached hydrogens (tertiary/aromatic N) is 2. The highest BCUT2D eigenvalue weighted by molar-refractivity contribution is 5.81. The third kappa shape index (κ3) is 4.25. The Labute approximate surface area is 127 Å². The van der Waals surface area contributed by atoms with Gasteiger partial charge in [-0.2, -0.15) is 0 Å². The van der Waals surface area contributed by atoms with Crippen LogP contribution in [0, 0.1) is 0 Å². The van der Waals surface area contributed by atoms with Crippen molar-refractivity contribution in [3.05, 3.63) is 36.0 Å². The number of aromatic amines is 1. The van der Waals surface area contributed by atoms with Crippen molar-refractivity contribution in [3.63, 3.8) is 0 Å². The second-order valence-electron chi connectivity index (χ2n) is 5.33. The van der Waals surface area contributed by atoms with Gasteiger partial charge in [0.2, 0.25) is 0 Å². The first-order chi connectivity index (χ1) is 10.2. The minimum atomic E-state index is 0.674. The molecule has 21 heavy (non-hydrogen) atoms. The van der Waals surface area contributed by atoms with Crippen molar-refractivity contribution < 1.29 is 0 Å². The van der Waals surface area contributed by atoms with Gasteiger partial charge in [-0.05, 0) is 30.9 Å². The number of H-pyrrole nitrogens is 1. The molecule has 4 nitrogen and oxygen atoms in total. The SMILES string of the molecule is CCCCN(C)C(=NCc1cc2ccccc2[nH]1)NCC. The van der Waals surface area contributed by atoms with E-state index in [1.165, 1.54) is 23.7 Å². The quantitative estimate of drug-likeness (QED) is 0.631. The van der Waals surface area contributed by atoms with E-state index in [2.05, 4.69) is 66.4 Å². The van der Waals surface area contributed by atoms with Gasteiger partial charge in [-0.1, -0.05) is 31.5 Å². The molecule has 0 bridgehead atoms. The molecule has 2 aromatic rings. The van der Waals surface area contributed by atoms with Crippen molar-refractivity contribution in [1.29, 1.82) is 0 Å². The van der Waals surface area contributed by atoms with Gasteiger partial charge in [0.15, 0.2) is 5.96 Å². The zero-order chi connectivity index (χ0) is 15.1. The van der Waals surface area contributed by atoms with Crippen LogP contribution < -0.4 is 5.32 Å². The molecule has 114 valence electrons. The Balaban J connectivity index is 2.07. The van der Waals surface area contributed by atoms with E-state index in [9.17, 15) is 0 Å². The van der Waals surface area contributed by atoms with Gasteiger partial charge < -0.3 is 15.2 Å². The van der Waals surface area contributed by atoms with E-state index in [1.54, 1.807) is 0 Å². The Bertz CT molecular complexity index is 552. The smallest absolute Gasteiger partial charge is 0.194 e. The summed E-state index contributed by atoms with van der Waals surface area (Å²) in [6, 6.07) is 10.5. The minimum absolute atomic E-state index is 0.674. The molecule has 0 saturated carbocycles. The summed E-state index contributed by atoms with van der Waals surface area (Å²) in [6.07, 6.45) is 2.39. The Hall–Kier alpha value is -1.97. The molecule has 0 saturated heterocycles. The van der Waals surface area contributed by atoms with Crippen molar-refractivity contribution in [2.24, 2.45) is 4.99 Å². The second kappa shape index (κ2) is 7.72. The largest absolute Gasteiger partial charge is 0.357 e. The number of unbranched alkanes of at least 4 members (excludes halogenated alkanes) is 1. The minimum Gasteiger partial charge on any atom is -0.357 e. The fourth-order valence-electron chi connectivity index (χ4n) is 2.35. The molecule has 0 aliphatic heterocycles. The normalized spacial score (nSPS) is 11.9. The number of hydrogen-bond acceptors (Lipinski definition) is 1. The van der Waals surface area contributed by atoms with E-state index >= 15 is 0 Å². The van der Waals surface area contributed by atoms with Crippen molar-refractivity contribution in [1.82, 2.24) is 15.2 Å². The predicted molar refractivity (Wildman–Crippen MR) is 90.7 cm³/mol. The zero-order valence-corrected chi connectivity index (χ0v) is 13.3. The van der Waals surface area contributed by atoms with Crippen LogP contribution in [0.3, 0.4) is 0 Å². The Morgan fingerprint density at radius 1 is 1.29 bits per heavy atom. The van der Waals surface area contributed by atoms with Crippen LogP contribution in [0.15, 0.2) is 35.3 Å². The summed E-state index contributed by atoms with van der Waals surface area (Å²) >= 11 is 0. The van der Waals surface area contributed by atoms with Crippen LogP contribution in [0.5, 0.6) is 0 Å². The number of aromatic nitrogens is 1. The van der Waals surface area contributed by atoms with Crippen LogP contribution in [0.25, 0.3) is 10.9 Å². The molecular formula is C17H26N4. The fraction of sp³-hybridized carbons (Fsp3) is 0.471. The lowest BCUT2D eigenvalue weighted by atomic mass is 10.2. The molecule has 0 unspecified atom stereocenters. The summed E-state index contributed by atoms with van der Waals surface area (Å²) in [5, 5.41) is 4.60. The number of nitrogens with one attached hydrogen (secondary N) is 2. The average Bonchev–Trinajstić information content (AvgIpc) is 2.91. The van der Waals surface area contributed by atoms with Gasteiger partial charge in [0.1, 0.15) is 0 Å². The fourth-order valence-corrected chi connectivity index (χ4v) is 2.35. The summed E-state index contributed by atoms with van der Waals surface area (Å²) in [4.78, 5) is 10.4. The maximum Gasteiger partial charge on any atom is 0.194 e. The summed E-state index contributed by atoms with van der Waals surface area (Å²) in [5.74, 6) is 0.976. The third-order valence-electron chi connectivity index (χ3n) is 3.53. The van der Waals surface area contributed by atoms with Crippen molar-refractivity contribution in [3.8, 4) is 0 Å². The van der Waals surface area contributed by atoms with E-state index in [4.69, 9.17) is 4.99 Å². The Kier molecular flexibility index (Phi) is 5.67. The van der Waals surface area contributed by atoms with Crippen LogP contribution in [0.4, 0.5) is 0 Å². The van der Waals surface area contributed by atoms with Gasteiger partial charge in [0, 0.05) is 31.3 Å². The molecule has 1 heterocycles. The monoisotopic (exact) mass is 286 g/mol. The molecule has 0 radical (unpaired) electrons. The molecule has 1 aromatic carbocycles. The highest BCUT2D eigenvalue weighted by Crippen LogP contribution is 2.15. The summed E-state index contributed by atoms with van der Waals surface area (Å²) in [7, 11) is 2.10. The van der Waals surface area contributed by atoms with Crippen LogP contribution in [0.1, 0.15) is 32.4 Å². The molecule has 2 N–H and O–H groups in total. The van der Waals surface area contributed by atoms with E-state index in [0.29, 0.717) is 6.54 Å². The number of guanidine groups is 1. The highest BCUT2D eigenvalue weighted by Gasteiger charge is 2.05. The molecule has 2 rings (SSSR count). The molecule has 0 atom stereocenters. The Morgan fingerprint density at radius 2 is 2.10 bits per heavy atom. The molecule has 0 amide bonds. The highest BCUT2D eigenvalue weighted by atomic mass is 15.3. The van der Waals surface area contributed by atoms with Gasteiger partial charge in [-0.25, -0.2) is 4.99 Å². The van der Waals surface area contributed by atoms with Crippen LogP contribution >= 0.6 is 0 Å². The first-order valence-corrected chi connectivity index (χ1v) is 7.80. The van der Waals surface area contributed by atoms with Crippen LogP contribution in [0.2, 0.25) is 0 Å². The third-order valence-corrected chi connectivity index (χ3v) is 3.53. The maximum atomic E-state index is 4.73. The van der Waals surface area contributed by atoms with Crippen LogP contribution in [-0.4, -0.2) is 36.0 Å². The van der Waals surface area contributed by atoms with Gasteiger partial charge in [0.05, 0.1) is 6.54 Å². The second-order valence-corrected chi connectivity index (χ2v) is 5.33. The number of hydrogen-bond donors (Lipinski definition) is 2. The van der Waals surface area contributed by atoms with Gasteiger partial charge in [-0.15, -0.1) is 0 Å². The molecule has 0 aliphatic rings. The number of rotatable bonds is 6. The lowest BCUT2D eigenvalue weighted by molar-refractivity contribution is 0.464. The molecule has 1 aromatic heterocycles. The predicted octanol–water partition coefficient (Wildman–Crippen LogP) is 3.37. The average molecular weight is 286 g/mol. The molecule has 0 aliphatic carbocycles. The van der Waals surface area contributed by atoms with Gasteiger partial charge in [0.25, 0.3) is 0 Å². The summed E-state index contributed by atoms with van der Waals surface area (Å²) < 4.78 is 0. The number of fused-ring (bicyclic) bond motifs is 1. The van der Waals surface area contributed by atoms with E-state index < -0.39 is 0 Å². The van der Waals surface area contributed by atoms with Gasteiger partial charge in [-0.3, -0.25) is 0 Å². The summed E-state index contributed by atoms with van der Waals surface area (Å²) in [6.45, 7) is 6.92. The molecule has 4 heteroatoms. The first-order valence-electron chi connectivity index (χ1n) is 7.80.